The standard InChI is InChI=1S/C17H29NO4/c1-2-20-13-16(19)18-8-6-17(7-9-18)10-15(12-22-17)21-11-14-4-3-5-14/h14-15H,2-13H2,1H3/t15-/m1/s1. The summed E-state index contributed by atoms with van der Waals surface area (Å²) in [7, 11) is 0. The molecule has 3 aliphatic rings. The molecular formula is C17H29NO4. The van der Waals surface area contributed by atoms with Crippen LogP contribution < -0.4 is 0 Å². The molecule has 0 bridgehead atoms. The first-order valence-electron chi connectivity index (χ1n) is 8.82. The Morgan fingerprint density at radius 3 is 2.73 bits per heavy atom. The van der Waals surface area contributed by atoms with Gasteiger partial charge in [-0.25, -0.2) is 0 Å². The van der Waals surface area contributed by atoms with E-state index < -0.39 is 0 Å². The predicted octanol–water partition coefficient (Wildman–Crippen LogP) is 1.99. The number of rotatable bonds is 6. The molecule has 3 fully saturated rings. The third kappa shape index (κ3) is 3.81. The molecule has 0 aromatic heterocycles. The van der Waals surface area contributed by atoms with Crippen molar-refractivity contribution in [3.05, 3.63) is 0 Å². The highest BCUT2D eigenvalue weighted by atomic mass is 16.6. The molecule has 0 aromatic rings. The summed E-state index contributed by atoms with van der Waals surface area (Å²) in [5.74, 6) is 0.891. The van der Waals surface area contributed by atoms with E-state index in [0.29, 0.717) is 6.61 Å². The van der Waals surface area contributed by atoms with Crippen molar-refractivity contribution in [2.45, 2.75) is 57.2 Å². The molecule has 1 atom stereocenters. The number of hydrogen-bond acceptors (Lipinski definition) is 4. The molecule has 1 spiro atoms. The van der Waals surface area contributed by atoms with Crippen molar-refractivity contribution in [3.8, 4) is 0 Å². The maximum absolute atomic E-state index is 12.0. The van der Waals surface area contributed by atoms with Gasteiger partial charge >= 0.3 is 0 Å². The van der Waals surface area contributed by atoms with Gasteiger partial charge in [0.2, 0.25) is 5.91 Å². The molecule has 1 aliphatic carbocycles. The molecule has 1 saturated carbocycles. The highest BCUT2D eigenvalue weighted by molar-refractivity contribution is 5.77. The van der Waals surface area contributed by atoms with Crippen LogP contribution in [0.2, 0.25) is 0 Å². The van der Waals surface area contributed by atoms with Crippen molar-refractivity contribution in [2.75, 3.05) is 39.5 Å². The van der Waals surface area contributed by atoms with Crippen molar-refractivity contribution in [1.29, 1.82) is 0 Å². The number of piperidine rings is 1. The minimum atomic E-state index is -0.0489. The molecule has 0 radical (unpaired) electrons. The number of carbonyl (C=O) groups is 1. The summed E-state index contributed by atoms with van der Waals surface area (Å²) < 4.78 is 17.3. The average molecular weight is 311 g/mol. The molecule has 3 rings (SSSR count). The van der Waals surface area contributed by atoms with E-state index >= 15 is 0 Å². The third-order valence-electron chi connectivity index (χ3n) is 5.42. The highest BCUT2D eigenvalue weighted by Crippen LogP contribution is 2.37. The largest absolute Gasteiger partial charge is 0.375 e. The van der Waals surface area contributed by atoms with Crippen LogP contribution in [0.4, 0.5) is 0 Å². The Morgan fingerprint density at radius 1 is 1.32 bits per heavy atom. The molecule has 126 valence electrons. The van der Waals surface area contributed by atoms with Crippen LogP contribution in [0.25, 0.3) is 0 Å². The number of nitrogens with zero attached hydrogens (tertiary/aromatic N) is 1. The van der Waals surface area contributed by atoms with Gasteiger partial charge in [-0.15, -0.1) is 0 Å². The predicted molar refractivity (Wildman–Crippen MR) is 82.7 cm³/mol. The second-order valence-electron chi connectivity index (χ2n) is 6.97. The molecule has 5 nitrogen and oxygen atoms in total. The average Bonchev–Trinajstić information content (AvgIpc) is 2.87. The topological polar surface area (TPSA) is 48.0 Å². The summed E-state index contributed by atoms with van der Waals surface area (Å²) in [6.07, 6.45) is 7.12. The Labute approximate surface area is 133 Å². The van der Waals surface area contributed by atoms with E-state index in [2.05, 4.69) is 0 Å². The highest BCUT2D eigenvalue weighted by Gasteiger charge is 2.44. The van der Waals surface area contributed by atoms with Gasteiger partial charge in [-0.1, -0.05) is 6.42 Å². The van der Waals surface area contributed by atoms with Crippen molar-refractivity contribution >= 4 is 5.91 Å². The SMILES string of the molecule is CCOCC(=O)N1CCC2(CC1)C[C@@H](OCC1CCC1)CO2. The van der Waals surface area contributed by atoms with Gasteiger partial charge in [-0.2, -0.15) is 0 Å². The Kier molecular flexibility index (Phi) is 5.37. The fourth-order valence-corrected chi connectivity index (χ4v) is 3.63. The first-order valence-corrected chi connectivity index (χ1v) is 8.82. The molecule has 2 aliphatic heterocycles. The third-order valence-corrected chi connectivity index (χ3v) is 5.42. The van der Waals surface area contributed by atoms with Crippen LogP contribution in [0.5, 0.6) is 0 Å². The number of hydrogen-bond donors (Lipinski definition) is 0. The molecule has 5 heteroatoms. The fourth-order valence-electron chi connectivity index (χ4n) is 3.63. The molecule has 0 unspecified atom stereocenters. The van der Waals surface area contributed by atoms with Crippen molar-refractivity contribution < 1.29 is 19.0 Å². The van der Waals surface area contributed by atoms with Gasteiger partial charge < -0.3 is 19.1 Å². The van der Waals surface area contributed by atoms with Crippen LogP contribution in [-0.4, -0.2) is 62.0 Å². The Bertz CT molecular complexity index is 375. The van der Waals surface area contributed by atoms with Crippen LogP contribution in [0.15, 0.2) is 0 Å². The van der Waals surface area contributed by atoms with E-state index in [1.807, 2.05) is 11.8 Å². The Balaban J connectivity index is 1.39. The molecule has 2 heterocycles. The van der Waals surface area contributed by atoms with Gasteiger partial charge in [0.15, 0.2) is 0 Å². The number of carbonyl (C=O) groups excluding carboxylic acids is 1. The van der Waals surface area contributed by atoms with Crippen molar-refractivity contribution in [1.82, 2.24) is 4.90 Å². The molecule has 0 aromatic carbocycles. The molecular weight excluding hydrogens is 282 g/mol. The van der Waals surface area contributed by atoms with E-state index in [1.165, 1.54) is 19.3 Å². The zero-order valence-electron chi connectivity index (χ0n) is 13.7. The van der Waals surface area contributed by atoms with Gasteiger partial charge in [0.05, 0.1) is 18.3 Å². The van der Waals surface area contributed by atoms with Gasteiger partial charge in [0.25, 0.3) is 0 Å². The second-order valence-corrected chi connectivity index (χ2v) is 6.97. The second kappa shape index (κ2) is 7.28. The van der Waals surface area contributed by atoms with Gasteiger partial charge in [0.1, 0.15) is 6.61 Å². The van der Waals surface area contributed by atoms with E-state index in [0.717, 1.165) is 51.5 Å². The number of likely N-dealkylation sites (tertiary alicyclic amines) is 1. The monoisotopic (exact) mass is 311 g/mol. The lowest BCUT2D eigenvalue weighted by molar-refractivity contribution is -0.140. The summed E-state index contributed by atoms with van der Waals surface area (Å²) in [4.78, 5) is 13.9. The van der Waals surface area contributed by atoms with E-state index in [9.17, 15) is 4.79 Å². The number of amides is 1. The summed E-state index contributed by atoms with van der Waals surface area (Å²) in [5, 5.41) is 0. The lowest BCUT2D eigenvalue weighted by atomic mass is 9.86. The van der Waals surface area contributed by atoms with E-state index in [-0.39, 0.29) is 24.2 Å². The summed E-state index contributed by atoms with van der Waals surface area (Å²) >= 11 is 0. The maximum Gasteiger partial charge on any atom is 0.248 e. The minimum absolute atomic E-state index is 0.0489. The minimum Gasteiger partial charge on any atom is -0.375 e. The first-order chi connectivity index (χ1) is 10.7. The lowest BCUT2D eigenvalue weighted by Gasteiger charge is -2.38. The number of ether oxygens (including phenoxy) is 3. The normalized spacial score (nSPS) is 28.0. The Morgan fingerprint density at radius 2 is 2.09 bits per heavy atom. The fraction of sp³-hybridized carbons (Fsp3) is 0.941. The molecule has 2 saturated heterocycles. The smallest absolute Gasteiger partial charge is 0.248 e. The molecule has 0 N–H and O–H groups in total. The Hall–Kier alpha value is -0.650. The maximum atomic E-state index is 12.0. The van der Waals surface area contributed by atoms with Crippen molar-refractivity contribution in [3.63, 3.8) is 0 Å². The van der Waals surface area contributed by atoms with Gasteiger partial charge in [-0.05, 0) is 38.5 Å². The van der Waals surface area contributed by atoms with Crippen LogP contribution in [-0.2, 0) is 19.0 Å². The summed E-state index contributed by atoms with van der Waals surface area (Å²) in [5.41, 5.74) is -0.0489. The van der Waals surface area contributed by atoms with Crippen molar-refractivity contribution in [2.24, 2.45) is 5.92 Å². The van der Waals surface area contributed by atoms with Crippen LogP contribution in [0.1, 0.15) is 45.4 Å². The van der Waals surface area contributed by atoms with Gasteiger partial charge in [-0.3, -0.25) is 4.79 Å². The molecule has 22 heavy (non-hydrogen) atoms. The van der Waals surface area contributed by atoms with E-state index in [4.69, 9.17) is 14.2 Å². The zero-order chi connectivity index (χ0) is 15.4. The zero-order valence-corrected chi connectivity index (χ0v) is 13.7. The van der Waals surface area contributed by atoms with Crippen LogP contribution >= 0.6 is 0 Å². The first kappa shape index (κ1) is 16.2. The summed E-state index contributed by atoms with van der Waals surface area (Å²) in [6.45, 7) is 5.89. The van der Waals surface area contributed by atoms with E-state index in [1.54, 1.807) is 0 Å². The summed E-state index contributed by atoms with van der Waals surface area (Å²) in [6, 6.07) is 0. The lowest BCUT2D eigenvalue weighted by Crippen LogP contribution is -2.47. The van der Waals surface area contributed by atoms with Crippen LogP contribution in [0, 0.1) is 5.92 Å². The van der Waals surface area contributed by atoms with Gasteiger partial charge in [0, 0.05) is 32.7 Å². The van der Waals surface area contributed by atoms with Crippen LogP contribution in [0.3, 0.4) is 0 Å². The quantitative estimate of drug-likeness (QED) is 0.753. The molecule has 1 amide bonds.